The predicted molar refractivity (Wildman–Crippen MR) is 109 cm³/mol. The van der Waals surface area contributed by atoms with Crippen LogP contribution in [-0.4, -0.2) is 38.6 Å². The Bertz CT molecular complexity index is 995. The van der Waals surface area contributed by atoms with E-state index < -0.39 is 22.0 Å². The summed E-state index contributed by atoms with van der Waals surface area (Å²) in [5.74, 6) is 0.449. The molecular formula is C19H23N3O5S2. The van der Waals surface area contributed by atoms with Crippen LogP contribution in [0.15, 0.2) is 23.1 Å². The van der Waals surface area contributed by atoms with Crippen LogP contribution in [0.1, 0.15) is 36.8 Å². The van der Waals surface area contributed by atoms with Gasteiger partial charge in [-0.3, -0.25) is 4.79 Å². The molecule has 1 aromatic heterocycles. The zero-order valence-electron chi connectivity index (χ0n) is 16.1. The monoisotopic (exact) mass is 437 g/mol. The quantitative estimate of drug-likeness (QED) is 0.744. The topological polar surface area (TPSA) is 107 Å². The Kier molecular flexibility index (Phi) is 5.75. The molecule has 2 N–H and O–H groups in total. The number of aromatic nitrogens is 1. The highest BCUT2D eigenvalue weighted by molar-refractivity contribution is 7.89. The van der Waals surface area contributed by atoms with Gasteiger partial charge in [-0.1, -0.05) is 0 Å². The van der Waals surface area contributed by atoms with Crippen LogP contribution in [0.5, 0.6) is 11.5 Å². The lowest BCUT2D eigenvalue weighted by molar-refractivity contribution is -0.117. The van der Waals surface area contributed by atoms with E-state index in [4.69, 9.17) is 9.47 Å². The molecule has 0 bridgehead atoms. The number of carbonyl (C=O) groups excluding carboxylic acids is 1. The summed E-state index contributed by atoms with van der Waals surface area (Å²) in [4.78, 5) is 18.2. The summed E-state index contributed by atoms with van der Waals surface area (Å²) in [6, 6.07) is 3.47. The third-order valence-corrected chi connectivity index (χ3v) is 7.44. The Hall–Kier alpha value is -2.17. The first kappa shape index (κ1) is 20.1. The molecule has 1 aliphatic heterocycles. The van der Waals surface area contributed by atoms with E-state index in [-0.39, 0.29) is 4.90 Å². The van der Waals surface area contributed by atoms with Crippen LogP contribution >= 0.6 is 11.3 Å². The summed E-state index contributed by atoms with van der Waals surface area (Å²) in [5, 5.41) is 3.25. The van der Waals surface area contributed by atoms with Gasteiger partial charge in [-0.05, 0) is 44.7 Å². The molecule has 2 aromatic rings. The smallest absolute Gasteiger partial charge is 0.244 e. The van der Waals surface area contributed by atoms with E-state index >= 15 is 0 Å². The van der Waals surface area contributed by atoms with Crippen molar-refractivity contribution in [3.8, 4) is 11.5 Å². The maximum absolute atomic E-state index is 12.7. The number of amides is 1. The third-order valence-electron chi connectivity index (χ3n) is 4.83. The summed E-state index contributed by atoms with van der Waals surface area (Å²) >= 11 is 1.46. The number of anilines is 1. The highest BCUT2D eigenvalue weighted by Gasteiger charge is 2.25. The molecule has 1 aromatic carbocycles. The average molecular weight is 438 g/mol. The van der Waals surface area contributed by atoms with E-state index in [1.165, 1.54) is 35.3 Å². The Balaban J connectivity index is 1.44. The normalized spacial score (nSPS) is 17.1. The van der Waals surface area contributed by atoms with Gasteiger partial charge in [-0.15, -0.1) is 11.3 Å². The Morgan fingerprint density at radius 1 is 1.14 bits per heavy atom. The Labute approximate surface area is 173 Å². The summed E-state index contributed by atoms with van der Waals surface area (Å²) in [7, 11) is -3.91. The van der Waals surface area contributed by atoms with Crippen molar-refractivity contribution in [3.05, 3.63) is 28.8 Å². The number of benzene rings is 1. The van der Waals surface area contributed by atoms with Crippen LogP contribution in [0.25, 0.3) is 0 Å². The maximum Gasteiger partial charge on any atom is 0.244 e. The maximum atomic E-state index is 12.7. The molecule has 1 aliphatic carbocycles. The van der Waals surface area contributed by atoms with Crippen molar-refractivity contribution in [2.24, 2.45) is 0 Å². The number of ether oxygens (including phenoxy) is 2. The third kappa shape index (κ3) is 4.54. The zero-order chi connectivity index (χ0) is 20.4. The molecule has 0 radical (unpaired) electrons. The first-order valence-corrected chi connectivity index (χ1v) is 11.9. The molecule has 2 heterocycles. The molecule has 8 nitrogen and oxygen atoms in total. The summed E-state index contributed by atoms with van der Waals surface area (Å²) < 4.78 is 39.0. The van der Waals surface area contributed by atoms with Crippen molar-refractivity contribution >= 4 is 32.4 Å². The van der Waals surface area contributed by atoms with Crippen LogP contribution < -0.4 is 19.5 Å². The van der Waals surface area contributed by atoms with E-state index in [9.17, 15) is 13.2 Å². The lowest BCUT2D eigenvalue weighted by Crippen LogP contribution is -2.41. The minimum absolute atomic E-state index is 0.0195. The van der Waals surface area contributed by atoms with E-state index in [0.717, 1.165) is 37.8 Å². The molecule has 0 unspecified atom stereocenters. The van der Waals surface area contributed by atoms with Crippen molar-refractivity contribution in [3.63, 3.8) is 0 Å². The molecule has 4 rings (SSSR count). The lowest BCUT2D eigenvalue weighted by Gasteiger charge is -2.15. The summed E-state index contributed by atoms with van der Waals surface area (Å²) in [6.45, 7) is 2.48. The van der Waals surface area contributed by atoms with E-state index in [2.05, 4.69) is 15.0 Å². The number of hydrogen-bond donors (Lipinski definition) is 2. The highest BCUT2D eigenvalue weighted by atomic mass is 32.2. The van der Waals surface area contributed by atoms with Crippen molar-refractivity contribution in [1.82, 2.24) is 9.71 Å². The number of rotatable bonds is 5. The number of carbonyl (C=O) groups is 1. The number of nitrogens with zero attached hydrogens (tertiary/aromatic N) is 1. The molecule has 0 saturated heterocycles. The molecule has 29 heavy (non-hydrogen) atoms. The van der Waals surface area contributed by atoms with E-state index in [1.54, 1.807) is 6.07 Å². The minimum Gasteiger partial charge on any atom is -0.490 e. The minimum atomic E-state index is -3.91. The number of nitrogens with one attached hydrogen (secondary N) is 2. The average Bonchev–Trinajstić information content (AvgIpc) is 2.94. The summed E-state index contributed by atoms with van der Waals surface area (Å²) in [5.41, 5.74) is 1.04. The lowest BCUT2D eigenvalue weighted by atomic mass is 10.0. The van der Waals surface area contributed by atoms with Crippen molar-refractivity contribution in [1.29, 1.82) is 0 Å². The molecule has 0 saturated carbocycles. The van der Waals surface area contributed by atoms with Crippen LogP contribution in [0.3, 0.4) is 0 Å². The van der Waals surface area contributed by atoms with Crippen LogP contribution in [0.2, 0.25) is 0 Å². The van der Waals surface area contributed by atoms with Gasteiger partial charge in [-0.2, -0.15) is 4.72 Å². The standard InChI is InChI=1S/C19H23N3O5S2/c1-12(18(23)21-19-20-14-5-2-3-6-17(14)28-19)22-29(24,25)13-7-8-15-16(11-13)27-10-4-9-26-15/h7-8,11-12,22H,2-6,9-10H2,1H3,(H,20,21,23)/t12-/m0/s1. The van der Waals surface area contributed by atoms with Gasteiger partial charge >= 0.3 is 0 Å². The second-order valence-corrected chi connectivity index (χ2v) is 9.88. The largest absolute Gasteiger partial charge is 0.490 e. The highest BCUT2D eigenvalue weighted by Crippen LogP contribution is 2.32. The fourth-order valence-electron chi connectivity index (χ4n) is 3.28. The molecular weight excluding hydrogens is 414 g/mol. The van der Waals surface area contributed by atoms with Crippen LogP contribution in [-0.2, 0) is 27.7 Å². The Morgan fingerprint density at radius 2 is 1.90 bits per heavy atom. The SMILES string of the molecule is C[C@H](NS(=O)(=O)c1ccc2c(c1)OCCCO2)C(=O)Nc1nc2c(s1)CCCC2. The van der Waals surface area contributed by atoms with Gasteiger partial charge in [0, 0.05) is 17.4 Å². The van der Waals surface area contributed by atoms with Crippen molar-refractivity contribution < 1.29 is 22.7 Å². The van der Waals surface area contributed by atoms with Gasteiger partial charge in [-0.25, -0.2) is 13.4 Å². The molecule has 156 valence electrons. The number of thiazole rings is 1. The van der Waals surface area contributed by atoms with Gasteiger partial charge in [0.15, 0.2) is 16.6 Å². The Morgan fingerprint density at radius 3 is 2.69 bits per heavy atom. The molecule has 1 amide bonds. The molecule has 0 fully saturated rings. The van der Waals surface area contributed by atoms with Crippen molar-refractivity contribution in [2.75, 3.05) is 18.5 Å². The fraction of sp³-hybridized carbons (Fsp3) is 0.474. The second kappa shape index (κ2) is 8.29. The summed E-state index contributed by atoms with van der Waals surface area (Å²) in [6.07, 6.45) is 4.87. The molecule has 2 aliphatic rings. The van der Waals surface area contributed by atoms with E-state index in [1.807, 2.05) is 0 Å². The van der Waals surface area contributed by atoms with Gasteiger partial charge in [0.2, 0.25) is 15.9 Å². The number of aryl methyl sites for hydroxylation is 2. The van der Waals surface area contributed by atoms with Crippen LogP contribution in [0, 0.1) is 0 Å². The first-order chi connectivity index (χ1) is 13.9. The van der Waals surface area contributed by atoms with E-state index in [0.29, 0.717) is 29.8 Å². The second-order valence-electron chi connectivity index (χ2n) is 7.09. The molecule has 0 spiro atoms. The first-order valence-electron chi connectivity index (χ1n) is 9.64. The molecule has 10 heteroatoms. The molecule has 1 atom stereocenters. The number of fused-ring (bicyclic) bond motifs is 2. The van der Waals surface area contributed by atoms with Gasteiger partial charge in [0.25, 0.3) is 0 Å². The number of hydrogen-bond acceptors (Lipinski definition) is 7. The fourth-order valence-corrected chi connectivity index (χ4v) is 5.55. The van der Waals surface area contributed by atoms with Crippen molar-refractivity contribution in [2.45, 2.75) is 50.0 Å². The van der Waals surface area contributed by atoms with Gasteiger partial charge in [0.1, 0.15) is 0 Å². The van der Waals surface area contributed by atoms with Gasteiger partial charge < -0.3 is 14.8 Å². The van der Waals surface area contributed by atoms with Gasteiger partial charge in [0.05, 0.1) is 29.8 Å². The van der Waals surface area contributed by atoms with Crippen LogP contribution in [0.4, 0.5) is 5.13 Å². The zero-order valence-corrected chi connectivity index (χ0v) is 17.7. The predicted octanol–water partition coefficient (Wildman–Crippen LogP) is 2.49. The number of sulfonamides is 1.